The Bertz CT molecular complexity index is 1120. The molecule has 208 valence electrons. The maximum atomic E-state index is 14.0. The molecule has 0 saturated carbocycles. The Kier molecular flexibility index (Phi) is 10.9. The summed E-state index contributed by atoms with van der Waals surface area (Å²) in [6.45, 7) is 17.1. The molecule has 0 saturated heterocycles. The molecule has 0 heterocycles. The van der Waals surface area contributed by atoms with Crippen molar-refractivity contribution in [3.63, 3.8) is 0 Å². The molecule has 2 rings (SSSR count). The highest BCUT2D eigenvalue weighted by molar-refractivity contribution is 5.99. The van der Waals surface area contributed by atoms with Crippen LogP contribution in [0.2, 0.25) is 0 Å². The first kappa shape index (κ1) is 30.9. The Balaban J connectivity index is 2.52. The topological polar surface area (TPSA) is 87.7 Å². The Morgan fingerprint density at radius 1 is 0.921 bits per heavy atom. The molecule has 0 aromatic heterocycles. The third-order valence-corrected chi connectivity index (χ3v) is 6.37. The van der Waals surface area contributed by atoms with Crippen LogP contribution in [0.1, 0.15) is 82.7 Å². The number of para-hydroxylation sites is 1. The number of amides is 3. The summed E-state index contributed by atoms with van der Waals surface area (Å²) >= 11 is 0. The maximum Gasteiger partial charge on any atom is 0.408 e. The SMILES string of the molecule is Cc1ccc(C)c(C(C(=O)Nc2ccccc2C)N(C(=O)CNC(=O)OC(C)(C)C)C(C)CCC(C)C)c1. The third-order valence-electron chi connectivity index (χ3n) is 6.37. The molecule has 7 heteroatoms. The molecule has 2 aromatic rings. The highest BCUT2D eigenvalue weighted by Crippen LogP contribution is 2.31. The first-order chi connectivity index (χ1) is 17.7. The fraction of sp³-hybridized carbons (Fsp3) is 0.516. The van der Waals surface area contributed by atoms with Crippen molar-refractivity contribution in [1.29, 1.82) is 0 Å². The van der Waals surface area contributed by atoms with Crippen molar-refractivity contribution in [2.45, 2.75) is 92.8 Å². The number of ether oxygens (including phenoxy) is 1. The van der Waals surface area contributed by atoms with Gasteiger partial charge in [0, 0.05) is 11.7 Å². The van der Waals surface area contributed by atoms with Crippen molar-refractivity contribution >= 4 is 23.6 Å². The minimum atomic E-state index is -0.885. The van der Waals surface area contributed by atoms with Crippen LogP contribution in [-0.2, 0) is 14.3 Å². The van der Waals surface area contributed by atoms with E-state index in [1.807, 2.05) is 70.2 Å². The van der Waals surface area contributed by atoms with E-state index in [0.29, 0.717) is 11.6 Å². The molecule has 0 radical (unpaired) electrons. The van der Waals surface area contributed by atoms with E-state index < -0.39 is 17.7 Å². The van der Waals surface area contributed by atoms with Gasteiger partial charge < -0.3 is 20.3 Å². The minimum absolute atomic E-state index is 0.252. The van der Waals surface area contributed by atoms with Gasteiger partial charge in [-0.15, -0.1) is 0 Å². The molecule has 0 spiro atoms. The standard InChI is InChI=1S/C31H45N3O4/c1-20(2)14-17-24(6)34(27(35)19-32-30(37)38-31(7,8)9)28(25-18-21(3)15-16-22(25)4)29(36)33-26-13-11-10-12-23(26)5/h10-13,15-16,18,20,24,28H,14,17,19H2,1-9H3,(H,32,37)(H,33,36). The van der Waals surface area contributed by atoms with Gasteiger partial charge in [-0.1, -0.05) is 55.8 Å². The lowest BCUT2D eigenvalue weighted by atomic mass is 9.94. The van der Waals surface area contributed by atoms with Crippen LogP contribution in [0.3, 0.4) is 0 Å². The van der Waals surface area contributed by atoms with Gasteiger partial charge in [0.25, 0.3) is 5.91 Å². The Hall–Kier alpha value is -3.35. The highest BCUT2D eigenvalue weighted by atomic mass is 16.6. The molecule has 2 atom stereocenters. The van der Waals surface area contributed by atoms with E-state index >= 15 is 0 Å². The van der Waals surface area contributed by atoms with Crippen molar-refractivity contribution < 1.29 is 19.1 Å². The van der Waals surface area contributed by atoms with Crippen LogP contribution in [-0.4, -0.2) is 41.0 Å². The quantitative estimate of drug-likeness (QED) is 0.374. The summed E-state index contributed by atoms with van der Waals surface area (Å²) in [7, 11) is 0. The summed E-state index contributed by atoms with van der Waals surface area (Å²) < 4.78 is 5.33. The van der Waals surface area contributed by atoms with Crippen LogP contribution < -0.4 is 10.6 Å². The number of aryl methyl sites for hydroxylation is 3. The molecule has 3 amide bonds. The zero-order chi connectivity index (χ0) is 28.6. The number of carbonyl (C=O) groups is 3. The maximum absolute atomic E-state index is 14.0. The molecule has 0 aliphatic heterocycles. The lowest BCUT2D eigenvalue weighted by Crippen LogP contribution is -2.50. The Morgan fingerprint density at radius 2 is 1.58 bits per heavy atom. The lowest BCUT2D eigenvalue weighted by Gasteiger charge is -2.37. The van der Waals surface area contributed by atoms with E-state index in [-0.39, 0.29) is 24.4 Å². The van der Waals surface area contributed by atoms with Gasteiger partial charge >= 0.3 is 6.09 Å². The molecular weight excluding hydrogens is 478 g/mol. The van der Waals surface area contributed by atoms with Gasteiger partial charge in [-0.3, -0.25) is 9.59 Å². The average molecular weight is 524 g/mol. The normalized spacial score (nSPS) is 13.0. The van der Waals surface area contributed by atoms with Crippen molar-refractivity contribution in [2.75, 3.05) is 11.9 Å². The summed E-state index contributed by atoms with van der Waals surface area (Å²) in [4.78, 5) is 41.8. The fourth-order valence-corrected chi connectivity index (χ4v) is 4.30. The zero-order valence-corrected chi connectivity index (χ0v) is 24.5. The van der Waals surface area contributed by atoms with E-state index in [9.17, 15) is 14.4 Å². The van der Waals surface area contributed by atoms with E-state index in [1.165, 1.54) is 0 Å². The van der Waals surface area contributed by atoms with Crippen LogP contribution in [0.25, 0.3) is 0 Å². The number of alkyl carbamates (subject to hydrolysis) is 1. The van der Waals surface area contributed by atoms with E-state index in [0.717, 1.165) is 35.1 Å². The largest absolute Gasteiger partial charge is 0.444 e. The minimum Gasteiger partial charge on any atom is -0.444 e. The number of nitrogens with zero attached hydrogens (tertiary/aromatic N) is 1. The van der Waals surface area contributed by atoms with Crippen molar-refractivity contribution in [3.8, 4) is 0 Å². The molecule has 7 nitrogen and oxygen atoms in total. The Morgan fingerprint density at radius 3 is 2.18 bits per heavy atom. The number of anilines is 1. The lowest BCUT2D eigenvalue weighted by molar-refractivity contribution is -0.141. The van der Waals surface area contributed by atoms with Gasteiger partial charge in [-0.05, 0) is 90.0 Å². The predicted octanol–water partition coefficient (Wildman–Crippen LogP) is 6.47. The highest BCUT2D eigenvalue weighted by Gasteiger charge is 2.36. The van der Waals surface area contributed by atoms with Crippen LogP contribution in [0.4, 0.5) is 10.5 Å². The summed E-state index contributed by atoms with van der Waals surface area (Å²) in [6, 6.07) is 12.4. The summed E-state index contributed by atoms with van der Waals surface area (Å²) in [6.07, 6.45) is 0.936. The summed E-state index contributed by atoms with van der Waals surface area (Å²) in [5.41, 5.74) is 3.60. The third kappa shape index (κ3) is 9.19. The molecule has 2 aromatic carbocycles. The average Bonchev–Trinajstić information content (AvgIpc) is 2.81. The second kappa shape index (κ2) is 13.4. The number of hydrogen-bond acceptors (Lipinski definition) is 4. The van der Waals surface area contributed by atoms with Gasteiger partial charge in [0.1, 0.15) is 18.2 Å². The molecule has 0 aliphatic rings. The first-order valence-electron chi connectivity index (χ1n) is 13.4. The predicted molar refractivity (Wildman–Crippen MR) is 153 cm³/mol. The first-order valence-corrected chi connectivity index (χ1v) is 13.4. The zero-order valence-electron chi connectivity index (χ0n) is 24.5. The number of rotatable bonds is 10. The molecule has 0 aliphatic carbocycles. The van der Waals surface area contributed by atoms with Crippen molar-refractivity contribution in [1.82, 2.24) is 10.2 Å². The fourth-order valence-electron chi connectivity index (χ4n) is 4.30. The molecule has 2 N–H and O–H groups in total. The van der Waals surface area contributed by atoms with Gasteiger partial charge in [0.05, 0.1) is 0 Å². The number of hydrogen-bond donors (Lipinski definition) is 2. The van der Waals surface area contributed by atoms with Crippen LogP contribution in [0.5, 0.6) is 0 Å². The number of benzene rings is 2. The van der Waals surface area contributed by atoms with Gasteiger partial charge in [-0.2, -0.15) is 0 Å². The smallest absolute Gasteiger partial charge is 0.408 e. The molecular formula is C31H45N3O4. The van der Waals surface area contributed by atoms with Crippen molar-refractivity contribution in [3.05, 3.63) is 64.7 Å². The summed E-state index contributed by atoms with van der Waals surface area (Å²) in [5.74, 6) is -0.206. The Labute approximate surface area is 228 Å². The monoisotopic (exact) mass is 523 g/mol. The molecule has 0 fully saturated rings. The van der Waals surface area contributed by atoms with Crippen molar-refractivity contribution in [2.24, 2.45) is 5.92 Å². The van der Waals surface area contributed by atoms with Gasteiger partial charge in [-0.25, -0.2) is 4.79 Å². The second-order valence-electron chi connectivity index (χ2n) is 11.5. The van der Waals surface area contributed by atoms with E-state index in [4.69, 9.17) is 4.74 Å². The van der Waals surface area contributed by atoms with Crippen LogP contribution in [0, 0.1) is 26.7 Å². The number of carbonyl (C=O) groups excluding carboxylic acids is 3. The van der Waals surface area contributed by atoms with Crippen LogP contribution >= 0.6 is 0 Å². The summed E-state index contributed by atoms with van der Waals surface area (Å²) in [5, 5.41) is 5.65. The number of nitrogens with one attached hydrogen (secondary N) is 2. The van der Waals surface area contributed by atoms with Crippen LogP contribution in [0.15, 0.2) is 42.5 Å². The van der Waals surface area contributed by atoms with E-state index in [2.05, 4.69) is 24.5 Å². The molecule has 0 bridgehead atoms. The molecule has 2 unspecified atom stereocenters. The van der Waals surface area contributed by atoms with Gasteiger partial charge in [0.2, 0.25) is 5.91 Å². The second-order valence-corrected chi connectivity index (χ2v) is 11.5. The van der Waals surface area contributed by atoms with Gasteiger partial charge in [0.15, 0.2) is 0 Å². The molecule has 38 heavy (non-hydrogen) atoms. The van der Waals surface area contributed by atoms with E-state index in [1.54, 1.807) is 25.7 Å².